The van der Waals surface area contributed by atoms with Crippen molar-refractivity contribution < 1.29 is 75.5 Å². The number of carbonyl (C=O) groups excluding carboxylic acids is 3. The minimum atomic E-state index is -4.76. The minimum absolute atomic E-state index is 0.0186. The molecule has 17 nitrogen and oxygen atoms in total. The van der Waals surface area contributed by atoms with E-state index in [-0.39, 0.29) is 52.3 Å². The zero-order valence-corrected chi connectivity index (χ0v) is 42.7. The molecule has 0 saturated carbocycles. The monoisotopic (exact) mass is 1040 g/mol. The van der Waals surface area contributed by atoms with Gasteiger partial charge < -0.3 is 48.3 Å². The highest BCUT2D eigenvalue weighted by atomic mass is 31.2. The largest absolute Gasteiger partial charge is 0.475 e. The SMILES string of the molecule is CCC(=O)NC1C(OC(=O)CC)OC(COC2OC(CO)C(OCc3ccccc3)C(OCc3ccccc3)C2OCc2ccccc2)C(OP(=O)(OCc2ccccc2)OCc2ccccc2)C1OC(=O)CC. The van der Waals surface area contributed by atoms with E-state index in [1.165, 1.54) is 0 Å². The zero-order valence-electron chi connectivity index (χ0n) is 41.8. The number of phosphoric ester groups is 1. The predicted octanol–water partition coefficient (Wildman–Crippen LogP) is 8.30. The van der Waals surface area contributed by atoms with Gasteiger partial charge in [-0.25, -0.2) is 4.57 Å². The van der Waals surface area contributed by atoms with Crippen LogP contribution in [0.4, 0.5) is 0 Å². The number of carbonyl (C=O) groups is 3. The molecule has 396 valence electrons. The molecule has 5 aromatic carbocycles. The van der Waals surface area contributed by atoms with E-state index in [1.54, 1.807) is 69.3 Å². The molecule has 0 aliphatic carbocycles. The van der Waals surface area contributed by atoms with Gasteiger partial charge in [0, 0.05) is 19.3 Å². The summed E-state index contributed by atoms with van der Waals surface area (Å²) >= 11 is 0. The van der Waals surface area contributed by atoms with Crippen LogP contribution in [0.3, 0.4) is 0 Å². The van der Waals surface area contributed by atoms with Crippen LogP contribution < -0.4 is 5.32 Å². The number of benzene rings is 5. The summed E-state index contributed by atoms with van der Waals surface area (Å²) in [4.78, 5) is 40.0. The van der Waals surface area contributed by atoms with Crippen LogP contribution in [-0.2, 0) is 103 Å². The predicted molar refractivity (Wildman–Crippen MR) is 269 cm³/mol. The Hall–Kier alpha value is -5.66. The van der Waals surface area contributed by atoms with Gasteiger partial charge in [-0.15, -0.1) is 0 Å². The average molecular weight is 1040 g/mol. The molecule has 2 heterocycles. The van der Waals surface area contributed by atoms with Gasteiger partial charge in [0.25, 0.3) is 0 Å². The Balaban J connectivity index is 1.28. The fourth-order valence-corrected chi connectivity index (χ4v) is 9.58. The van der Waals surface area contributed by atoms with E-state index in [2.05, 4.69) is 5.32 Å². The number of amides is 1. The molecule has 10 unspecified atom stereocenters. The van der Waals surface area contributed by atoms with Crippen LogP contribution >= 0.6 is 7.82 Å². The summed E-state index contributed by atoms with van der Waals surface area (Å²) in [7, 11) is -4.76. The molecule has 1 amide bonds. The number of phosphoric acid groups is 1. The molecular weight excluding hydrogens is 974 g/mol. The maximum absolute atomic E-state index is 15.3. The molecular formula is C56H66NO16P. The summed E-state index contributed by atoms with van der Waals surface area (Å²) in [5, 5.41) is 13.8. The molecule has 2 aliphatic heterocycles. The minimum Gasteiger partial charge on any atom is -0.457 e. The van der Waals surface area contributed by atoms with Crippen molar-refractivity contribution in [3.8, 4) is 0 Å². The smallest absolute Gasteiger partial charge is 0.457 e. The van der Waals surface area contributed by atoms with Crippen molar-refractivity contribution in [3.05, 3.63) is 179 Å². The lowest BCUT2D eigenvalue weighted by Gasteiger charge is -2.47. The number of ether oxygens (including phenoxy) is 8. The average Bonchev–Trinajstić information content (AvgIpc) is 3.45. The van der Waals surface area contributed by atoms with E-state index in [9.17, 15) is 19.5 Å². The van der Waals surface area contributed by atoms with Crippen molar-refractivity contribution in [2.24, 2.45) is 0 Å². The molecule has 10 atom stereocenters. The van der Waals surface area contributed by atoms with Crippen LogP contribution in [-0.4, -0.2) is 97.5 Å². The lowest BCUT2D eigenvalue weighted by molar-refractivity contribution is -0.337. The van der Waals surface area contributed by atoms with Gasteiger partial charge in [0.2, 0.25) is 12.2 Å². The van der Waals surface area contributed by atoms with Crippen molar-refractivity contribution in [2.75, 3.05) is 13.2 Å². The maximum Gasteiger partial charge on any atom is 0.475 e. The van der Waals surface area contributed by atoms with Crippen LogP contribution in [0.25, 0.3) is 0 Å². The number of rotatable bonds is 27. The highest BCUT2D eigenvalue weighted by molar-refractivity contribution is 7.48. The van der Waals surface area contributed by atoms with Gasteiger partial charge in [-0.05, 0) is 27.8 Å². The first-order valence-electron chi connectivity index (χ1n) is 24.9. The Morgan fingerprint density at radius 3 is 1.35 bits per heavy atom. The molecule has 0 bridgehead atoms. The molecule has 5 aromatic rings. The lowest BCUT2D eigenvalue weighted by atomic mass is 9.95. The molecule has 18 heteroatoms. The molecule has 2 N–H and O–H groups in total. The molecule has 2 aliphatic rings. The third-order valence-electron chi connectivity index (χ3n) is 12.2. The summed E-state index contributed by atoms with van der Waals surface area (Å²) in [6.07, 6.45) is -11.8. The normalized spacial score (nSPS) is 23.9. The molecule has 0 aromatic heterocycles. The number of hydrogen-bond donors (Lipinski definition) is 2. The van der Waals surface area contributed by atoms with E-state index in [4.69, 9.17) is 51.5 Å². The van der Waals surface area contributed by atoms with Crippen molar-refractivity contribution >= 4 is 25.7 Å². The topological polar surface area (TPSA) is 202 Å². The zero-order chi connectivity index (χ0) is 52.1. The highest BCUT2D eigenvalue weighted by Crippen LogP contribution is 2.54. The second kappa shape index (κ2) is 28.9. The summed E-state index contributed by atoms with van der Waals surface area (Å²) in [6.45, 7) is 3.60. The summed E-state index contributed by atoms with van der Waals surface area (Å²) in [5.74, 6) is -1.95. The number of hydrogen-bond acceptors (Lipinski definition) is 16. The Morgan fingerprint density at radius 2 is 0.905 bits per heavy atom. The summed E-state index contributed by atoms with van der Waals surface area (Å²) in [5.41, 5.74) is 3.82. The van der Waals surface area contributed by atoms with E-state index in [0.717, 1.165) is 16.7 Å². The van der Waals surface area contributed by atoms with E-state index >= 15 is 4.57 Å². The second-order valence-corrected chi connectivity index (χ2v) is 19.1. The van der Waals surface area contributed by atoms with E-state index in [0.29, 0.717) is 11.1 Å². The van der Waals surface area contributed by atoms with E-state index in [1.807, 2.05) is 103 Å². The van der Waals surface area contributed by atoms with Gasteiger partial charge in [-0.2, -0.15) is 0 Å². The van der Waals surface area contributed by atoms with Gasteiger partial charge in [0.05, 0.1) is 46.2 Å². The van der Waals surface area contributed by atoms with Gasteiger partial charge in [0.1, 0.15) is 42.7 Å². The Kier molecular flexibility index (Phi) is 21.9. The molecule has 74 heavy (non-hydrogen) atoms. The van der Waals surface area contributed by atoms with E-state index < -0.39 is 100 Å². The van der Waals surface area contributed by atoms with Crippen LogP contribution in [0.5, 0.6) is 0 Å². The number of esters is 2. The Morgan fingerprint density at radius 1 is 0.486 bits per heavy atom. The van der Waals surface area contributed by atoms with Crippen LogP contribution in [0.2, 0.25) is 0 Å². The molecule has 0 radical (unpaired) electrons. The fraction of sp³-hybridized carbons (Fsp3) is 0.411. The number of aliphatic hydroxyl groups excluding tert-OH is 1. The standard InChI is InChI=1S/C56H66NO16P/c1-4-46(59)57-49-52(71-47(60)5-2)51(73-74(62,67-36-42-28-18-10-19-29-42)68-37-43-30-20-11-21-31-43)45(70-55(49)72-48(61)6-3)38-66-56-54(65-35-41-26-16-9-17-27-41)53(64-34-40-24-14-8-15-25-40)50(44(32-58)69-56)63-33-39-22-12-7-13-23-39/h7-31,44-45,49-56,58H,4-6,32-38H2,1-3H3,(H,57,59). The molecule has 7 rings (SSSR count). The Bertz CT molecular complexity index is 2450. The van der Waals surface area contributed by atoms with Gasteiger partial charge in [-0.3, -0.25) is 28.0 Å². The molecule has 0 spiro atoms. The van der Waals surface area contributed by atoms with Crippen molar-refractivity contribution in [1.82, 2.24) is 5.32 Å². The summed E-state index contributed by atoms with van der Waals surface area (Å²) < 4.78 is 85.8. The van der Waals surface area contributed by atoms with Gasteiger partial charge in [0.15, 0.2) is 12.4 Å². The number of aliphatic hydroxyl groups is 1. The van der Waals surface area contributed by atoms with Crippen molar-refractivity contribution in [2.45, 2.75) is 134 Å². The Labute approximate surface area is 432 Å². The van der Waals surface area contributed by atoms with Gasteiger partial charge in [-0.1, -0.05) is 172 Å². The number of nitrogens with one attached hydrogen (secondary N) is 1. The van der Waals surface area contributed by atoms with Gasteiger partial charge >= 0.3 is 19.8 Å². The van der Waals surface area contributed by atoms with Crippen molar-refractivity contribution in [3.63, 3.8) is 0 Å². The second-order valence-electron chi connectivity index (χ2n) is 17.5. The third-order valence-corrected chi connectivity index (χ3v) is 13.5. The third kappa shape index (κ3) is 16.4. The maximum atomic E-state index is 15.3. The first-order valence-corrected chi connectivity index (χ1v) is 26.4. The first-order chi connectivity index (χ1) is 36.1. The van der Waals surface area contributed by atoms with Crippen molar-refractivity contribution in [1.29, 1.82) is 0 Å². The van der Waals surface area contributed by atoms with Crippen LogP contribution in [0.15, 0.2) is 152 Å². The first kappa shape index (κ1) is 56.1. The lowest BCUT2D eigenvalue weighted by Crippen LogP contribution is -2.67. The van der Waals surface area contributed by atoms with Crippen LogP contribution in [0, 0.1) is 0 Å². The summed E-state index contributed by atoms with van der Waals surface area (Å²) in [6, 6.07) is 45.0. The molecule has 2 saturated heterocycles. The fourth-order valence-electron chi connectivity index (χ4n) is 8.21. The quantitative estimate of drug-likeness (QED) is 0.0375. The van der Waals surface area contributed by atoms with Crippen LogP contribution in [0.1, 0.15) is 67.9 Å². The highest BCUT2D eigenvalue weighted by Gasteiger charge is 2.55. The molecule has 2 fully saturated rings.